The molecule has 0 saturated heterocycles. The first kappa shape index (κ1) is 15.0. The Hall–Kier alpha value is -1.07. The minimum absolute atomic E-state index is 0.305. The minimum Gasteiger partial charge on any atom is -0.480 e. The summed E-state index contributed by atoms with van der Waals surface area (Å²) in [6, 6.07) is 3.50. The van der Waals surface area contributed by atoms with E-state index in [4.69, 9.17) is 16.7 Å². The van der Waals surface area contributed by atoms with Crippen molar-refractivity contribution in [1.82, 2.24) is 5.32 Å². The first-order chi connectivity index (χ1) is 8.30. The number of carbonyl (C=O) groups is 2. The van der Waals surface area contributed by atoms with Crippen molar-refractivity contribution < 1.29 is 14.7 Å². The van der Waals surface area contributed by atoms with Gasteiger partial charge in [-0.25, -0.2) is 4.79 Å². The Bertz CT molecular complexity index is 460. The zero-order valence-corrected chi connectivity index (χ0v) is 12.1. The molecule has 0 saturated carbocycles. The van der Waals surface area contributed by atoms with Gasteiger partial charge in [0.25, 0.3) is 0 Å². The molecule has 2 unspecified atom stereocenters. The van der Waals surface area contributed by atoms with E-state index in [1.807, 2.05) is 0 Å². The van der Waals surface area contributed by atoms with Crippen LogP contribution in [0.5, 0.6) is 0 Å². The third-order valence-electron chi connectivity index (χ3n) is 2.99. The lowest BCUT2D eigenvalue weighted by molar-refractivity contribution is -0.147. The summed E-state index contributed by atoms with van der Waals surface area (Å²) < 4.78 is 0.612. The highest BCUT2D eigenvalue weighted by Crippen LogP contribution is 2.28. The third-order valence-corrected chi connectivity index (χ3v) is 4.41. The molecular formula is C12H16ClNO3S. The number of carboxylic acids is 1. The molecule has 1 aromatic heterocycles. The Labute approximate surface area is 115 Å². The standard InChI is InChI=1S/C12H16ClNO3S/c1-4-12(3,11(16)17)14-10(15)7(2)8-5-6-9(13)18-8/h5-7H,4H2,1-3H3,(H,14,15)(H,16,17). The number of nitrogens with one attached hydrogen (secondary N) is 1. The number of hydrogen-bond acceptors (Lipinski definition) is 3. The molecule has 2 N–H and O–H groups in total. The molecule has 0 aliphatic carbocycles. The van der Waals surface area contributed by atoms with E-state index in [-0.39, 0.29) is 5.91 Å². The maximum atomic E-state index is 12.0. The van der Waals surface area contributed by atoms with Gasteiger partial charge in [0.1, 0.15) is 5.54 Å². The summed E-state index contributed by atoms with van der Waals surface area (Å²) >= 11 is 7.14. The molecule has 0 aliphatic rings. The molecular weight excluding hydrogens is 274 g/mol. The number of carboxylic acid groups (broad SMARTS) is 1. The predicted molar refractivity (Wildman–Crippen MR) is 72.2 cm³/mol. The van der Waals surface area contributed by atoms with Gasteiger partial charge in [0.05, 0.1) is 10.3 Å². The molecule has 1 amide bonds. The van der Waals surface area contributed by atoms with Crippen molar-refractivity contribution in [3.63, 3.8) is 0 Å². The average molecular weight is 290 g/mol. The molecule has 100 valence electrons. The van der Waals surface area contributed by atoms with Crippen LogP contribution < -0.4 is 5.32 Å². The second-order valence-corrected chi connectivity index (χ2v) is 6.09. The van der Waals surface area contributed by atoms with E-state index in [0.717, 1.165) is 4.88 Å². The van der Waals surface area contributed by atoms with Crippen LogP contribution in [0.3, 0.4) is 0 Å². The monoisotopic (exact) mass is 289 g/mol. The van der Waals surface area contributed by atoms with Gasteiger partial charge >= 0.3 is 5.97 Å². The molecule has 1 rings (SSSR count). The first-order valence-corrected chi connectivity index (χ1v) is 6.80. The SMILES string of the molecule is CCC(C)(NC(=O)C(C)c1ccc(Cl)s1)C(=O)O. The van der Waals surface area contributed by atoms with Crippen molar-refractivity contribution in [2.24, 2.45) is 0 Å². The zero-order valence-electron chi connectivity index (χ0n) is 10.5. The summed E-state index contributed by atoms with van der Waals surface area (Å²) in [7, 11) is 0. The lowest BCUT2D eigenvalue weighted by Crippen LogP contribution is -2.52. The van der Waals surface area contributed by atoms with Gasteiger partial charge in [-0.2, -0.15) is 0 Å². The van der Waals surface area contributed by atoms with E-state index in [0.29, 0.717) is 10.8 Å². The van der Waals surface area contributed by atoms with Crippen molar-refractivity contribution >= 4 is 34.8 Å². The molecule has 0 aliphatic heterocycles. The molecule has 6 heteroatoms. The highest BCUT2D eigenvalue weighted by molar-refractivity contribution is 7.16. The second kappa shape index (κ2) is 5.71. The lowest BCUT2D eigenvalue weighted by atomic mass is 9.97. The largest absolute Gasteiger partial charge is 0.480 e. The van der Waals surface area contributed by atoms with Crippen molar-refractivity contribution in [3.05, 3.63) is 21.3 Å². The Balaban J connectivity index is 2.79. The number of halogens is 1. The van der Waals surface area contributed by atoms with E-state index in [9.17, 15) is 9.59 Å². The van der Waals surface area contributed by atoms with Gasteiger partial charge in [-0.05, 0) is 32.4 Å². The van der Waals surface area contributed by atoms with Crippen LogP contribution in [0, 0.1) is 0 Å². The van der Waals surface area contributed by atoms with Gasteiger partial charge in [0.2, 0.25) is 5.91 Å². The predicted octanol–water partition coefficient (Wildman–Crippen LogP) is 2.87. The minimum atomic E-state index is -1.23. The fourth-order valence-corrected chi connectivity index (χ4v) is 2.47. The summed E-state index contributed by atoms with van der Waals surface area (Å²) in [5.74, 6) is -1.75. The summed E-state index contributed by atoms with van der Waals surface area (Å²) in [5.41, 5.74) is -1.23. The number of amides is 1. The fourth-order valence-electron chi connectivity index (χ4n) is 1.36. The Kier molecular flexibility index (Phi) is 4.76. The van der Waals surface area contributed by atoms with Crippen LogP contribution in [0.15, 0.2) is 12.1 Å². The fraction of sp³-hybridized carbons (Fsp3) is 0.500. The van der Waals surface area contributed by atoms with Crippen molar-refractivity contribution in [3.8, 4) is 0 Å². The van der Waals surface area contributed by atoms with E-state index in [1.54, 1.807) is 26.0 Å². The van der Waals surface area contributed by atoms with Crippen LogP contribution in [0.25, 0.3) is 0 Å². The molecule has 0 bridgehead atoms. The summed E-state index contributed by atoms with van der Waals surface area (Å²) in [6.07, 6.45) is 0.325. The summed E-state index contributed by atoms with van der Waals surface area (Å²) in [5, 5.41) is 11.7. The normalized spacial score (nSPS) is 15.8. The molecule has 18 heavy (non-hydrogen) atoms. The molecule has 4 nitrogen and oxygen atoms in total. The number of carbonyl (C=O) groups excluding carboxylic acids is 1. The van der Waals surface area contributed by atoms with Crippen LogP contribution in [-0.4, -0.2) is 22.5 Å². The van der Waals surface area contributed by atoms with Gasteiger partial charge in [-0.15, -0.1) is 11.3 Å². The van der Waals surface area contributed by atoms with Gasteiger partial charge in [-0.3, -0.25) is 4.79 Å². The van der Waals surface area contributed by atoms with E-state index in [1.165, 1.54) is 18.3 Å². The maximum absolute atomic E-state index is 12.0. The number of rotatable bonds is 5. The highest BCUT2D eigenvalue weighted by atomic mass is 35.5. The van der Waals surface area contributed by atoms with Gasteiger partial charge in [0.15, 0.2) is 0 Å². The summed E-state index contributed by atoms with van der Waals surface area (Å²) in [6.45, 7) is 4.96. The van der Waals surface area contributed by atoms with Crippen LogP contribution in [0.2, 0.25) is 4.34 Å². The Morgan fingerprint density at radius 2 is 2.17 bits per heavy atom. The van der Waals surface area contributed by atoms with E-state index >= 15 is 0 Å². The average Bonchev–Trinajstić information content (AvgIpc) is 2.74. The molecule has 0 radical (unpaired) electrons. The Morgan fingerprint density at radius 1 is 1.56 bits per heavy atom. The van der Waals surface area contributed by atoms with Crippen molar-refractivity contribution in [2.75, 3.05) is 0 Å². The highest BCUT2D eigenvalue weighted by Gasteiger charge is 2.34. The van der Waals surface area contributed by atoms with Crippen LogP contribution in [0.4, 0.5) is 0 Å². The number of aliphatic carboxylic acids is 1. The molecule has 0 fully saturated rings. The lowest BCUT2D eigenvalue weighted by Gasteiger charge is -2.26. The summed E-state index contributed by atoms with van der Waals surface area (Å²) in [4.78, 5) is 24.0. The van der Waals surface area contributed by atoms with Gasteiger partial charge in [0, 0.05) is 4.88 Å². The zero-order chi connectivity index (χ0) is 13.9. The molecule has 0 aromatic carbocycles. The van der Waals surface area contributed by atoms with Crippen LogP contribution >= 0.6 is 22.9 Å². The number of thiophene rings is 1. The molecule has 1 heterocycles. The van der Waals surface area contributed by atoms with Crippen molar-refractivity contribution in [2.45, 2.75) is 38.6 Å². The molecule has 1 aromatic rings. The van der Waals surface area contributed by atoms with Gasteiger partial charge < -0.3 is 10.4 Å². The smallest absolute Gasteiger partial charge is 0.329 e. The van der Waals surface area contributed by atoms with Gasteiger partial charge in [-0.1, -0.05) is 18.5 Å². The van der Waals surface area contributed by atoms with Crippen LogP contribution in [-0.2, 0) is 9.59 Å². The molecule has 0 spiro atoms. The van der Waals surface area contributed by atoms with E-state index < -0.39 is 17.4 Å². The Morgan fingerprint density at radius 3 is 2.56 bits per heavy atom. The van der Waals surface area contributed by atoms with Crippen LogP contribution in [0.1, 0.15) is 38.0 Å². The third kappa shape index (κ3) is 3.23. The quantitative estimate of drug-likeness (QED) is 0.876. The van der Waals surface area contributed by atoms with E-state index in [2.05, 4.69) is 5.32 Å². The second-order valence-electron chi connectivity index (χ2n) is 4.34. The molecule has 2 atom stereocenters. The first-order valence-electron chi connectivity index (χ1n) is 5.61. The topological polar surface area (TPSA) is 66.4 Å². The number of hydrogen-bond donors (Lipinski definition) is 2. The van der Waals surface area contributed by atoms with Crippen molar-refractivity contribution in [1.29, 1.82) is 0 Å². The maximum Gasteiger partial charge on any atom is 0.329 e.